The van der Waals surface area contributed by atoms with E-state index >= 15 is 0 Å². The van der Waals surface area contributed by atoms with Gasteiger partial charge in [-0.25, -0.2) is 17.6 Å². The minimum atomic E-state index is -2.46. The molecule has 1 aromatic carbocycles. The minimum absolute atomic E-state index is 0.0583. The van der Waals surface area contributed by atoms with Gasteiger partial charge in [-0.1, -0.05) is 533 Å². The number of alkyl halides is 4. The van der Waals surface area contributed by atoms with Crippen LogP contribution in [0.25, 0.3) is 0 Å². The predicted octanol–water partition coefficient (Wildman–Crippen LogP) is 41.1. The van der Waals surface area contributed by atoms with Gasteiger partial charge in [0.05, 0.1) is 32.3 Å². The first kappa shape index (κ1) is 138. The molecule has 0 fully saturated rings. The Kier molecular flexibility index (Phi) is 82.6. The summed E-state index contributed by atoms with van der Waals surface area (Å²) in [5.74, 6) is 0.220. The van der Waals surface area contributed by atoms with Crippen LogP contribution in [-0.2, 0) is 8.23 Å². The van der Waals surface area contributed by atoms with Crippen molar-refractivity contribution in [3.8, 4) is 0 Å². The summed E-state index contributed by atoms with van der Waals surface area (Å²) in [4.78, 5) is 0. The van der Waals surface area contributed by atoms with Crippen LogP contribution >= 0.6 is 0 Å². The van der Waals surface area contributed by atoms with E-state index in [4.69, 9.17) is 8.23 Å². The van der Waals surface area contributed by atoms with E-state index in [0.717, 1.165) is 37.6 Å². The topological polar surface area (TPSA) is 18.5 Å². The maximum atomic E-state index is 12.3. The van der Waals surface area contributed by atoms with Crippen LogP contribution in [0, 0.1) is 17.8 Å². The molecule has 0 aromatic heterocycles. The van der Waals surface area contributed by atoms with E-state index in [9.17, 15) is 17.6 Å². The van der Waals surface area contributed by atoms with Crippen LogP contribution < -0.4 is 5.19 Å². The number of hydrogen-bond acceptors (Lipinski definition) is 2. The van der Waals surface area contributed by atoms with Gasteiger partial charge in [0.1, 0.15) is 16.1 Å². The number of halogens is 4. The number of unbranched alkanes of at least 4 members (excludes halogenated alkanes) is 24. The van der Waals surface area contributed by atoms with Crippen molar-refractivity contribution in [3.63, 3.8) is 0 Å². The number of benzene rings is 1. The highest BCUT2D eigenvalue weighted by atomic mass is 28.5. The number of rotatable bonds is 57. The highest BCUT2D eigenvalue weighted by Gasteiger charge is 2.40. The van der Waals surface area contributed by atoms with Gasteiger partial charge in [-0.2, -0.15) is 0 Å². The van der Waals surface area contributed by atoms with Gasteiger partial charge in [-0.15, -0.1) is 18.9 Å². The van der Waals surface area contributed by atoms with Crippen molar-refractivity contribution in [3.05, 3.63) is 54.9 Å². The van der Waals surface area contributed by atoms with E-state index in [1.807, 2.05) is 0 Å². The van der Waals surface area contributed by atoms with Gasteiger partial charge < -0.3 is 8.23 Å². The normalized spacial score (nSPS) is 12.9. The Hall–Kier alpha value is 1.16. The van der Waals surface area contributed by atoms with Crippen molar-refractivity contribution in [2.24, 2.45) is 17.8 Å². The molecule has 0 bridgehead atoms. The van der Waals surface area contributed by atoms with Gasteiger partial charge >= 0.3 is 8.56 Å². The van der Waals surface area contributed by atoms with E-state index in [1.54, 1.807) is 61.6 Å². The summed E-state index contributed by atoms with van der Waals surface area (Å²) in [6.07, 6.45) is 44.1. The van der Waals surface area contributed by atoms with Crippen LogP contribution in [0.3, 0.4) is 0 Å². The standard InChI is InChI=1S/C25H54Si.C19H42Si.C13H30Si.C10H14Si.C8H24O2Si3.C8H20Si2.C7H16F2Si.C7H20Si2.C5H12F2Si/c1-5-8-11-14-17-20-23-26(4,24-21-18-15-12-9-6-2)25-22-19-16-13-10-7-3;1-5-8-11-14-17-20(4,18-15-12-9-6-2)19-16-13-10-7-3;1-11(2)8-14(7,9-12(3)4)10-13(5)6;1-4-11(2,3)10-8-6-5-7-9-10;1-11(2,3)9-13(7,8)10-12(4,5)6;1-7-10(5,6)8-9(2,3)4;1-7(8,9)5-6-10(2,3)4;1-8(2,3)7-9(4,5)6;1-5(6,7)8(2,3)4/h5-25H2,1-4H3;5-19H2,1-4H3;11-13H,8-10H2,1-7H3;4-9H,1H2,2-3H3;1-8H3;7H,1,8H2,2-6H3;5-6H2,1-4H3;7H2,1-6H3;1-4H3. The van der Waals surface area contributed by atoms with Gasteiger partial charge in [0.15, 0.2) is 16.6 Å². The zero-order valence-electron chi connectivity index (χ0n) is 91.9. The summed E-state index contributed by atoms with van der Waals surface area (Å²) in [5, 5.41) is 1.45. The first-order valence-electron chi connectivity index (χ1n) is 51.1. The van der Waals surface area contributed by atoms with Crippen LogP contribution in [0.2, 0.25) is 268 Å². The van der Waals surface area contributed by atoms with Crippen LogP contribution in [0.4, 0.5) is 17.6 Å². The third-order valence-electron chi connectivity index (χ3n) is 22.4. The Balaban J connectivity index is -0.000000203. The smallest absolute Gasteiger partial charge is 0.311 e. The Morgan fingerprint density at radius 2 is 0.545 bits per heavy atom. The molecule has 19 heteroatoms. The summed E-state index contributed by atoms with van der Waals surface area (Å²) in [7, 11) is -15.5. The lowest BCUT2D eigenvalue weighted by Crippen LogP contribution is -2.50. The molecule has 1 rings (SSSR count). The van der Waals surface area contributed by atoms with Crippen LogP contribution in [0.5, 0.6) is 0 Å². The molecule has 0 N–H and O–H groups in total. The van der Waals surface area contributed by atoms with E-state index in [0.29, 0.717) is 0 Å². The van der Waals surface area contributed by atoms with Gasteiger partial charge in [-0.05, 0) is 84.0 Å². The van der Waals surface area contributed by atoms with Crippen LogP contribution in [0.1, 0.15) is 296 Å². The maximum Gasteiger partial charge on any atom is 0.311 e. The average Bonchev–Trinajstić information content (AvgIpc) is 0.858. The molecule has 0 unspecified atom stereocenters. The number of hydrogen-bond donors (Lipinski definition) is 0. The molecule has 0 aliphatic carbocycles. The molecule has 2 nitrogen and oxygen atoms in total. The quantitative estimate of drug-likeness (QED) is 0.0368. The largest absolute Gasteiger partial charge is 0.437 e. The molecule has 0 radical (unpaired) electrons. The fourth-order valence-electron chi connectivity index (χ4n) is 17.0. The van der Waals surface area contributed by atoms with E-state index in [1.165, 1.54) is 222 Å². The molecule has 0 atom stereocenters. The molecule has 732 valence electrons. The SMILES string of the molecule is C=C[Si](C)(C)C[Si](C)(C)C.C=C[Si](C)(C)c1ccccc1.CC(C)C[Si](C)(CC(C)C)CC(C)C.CC(F)(F)CC[Si](C)(C)C.CC(F)(F)[Si](C)(C)C.CCCCCCCC[Si](C)(CCCCCCCC)CCCCCCCC.CCCCCC[Si](C)(CCCCCC)CCCCCC.C[Si](C)(C)C[Si](C)(C)C.C[Si](C)(C)O[Si](C)(C)O[Si](C)(C)C. The molecular formula is C102H232F4O2Si13. The monoisotopic (exact) mass is 1930 g/mol. The van der Waals surface area contributed by atoms with E-state index in [-0.39, 0.29) is 6.42 Å². The van der Waals surface area contributed by atoms with Crippen LogP contribution in [-0.4, -0.2) is 117 Å². The third-order valence-corrected chi connectivity index (χ3v) is 70.7. The Labute approximate surface area is 778 Å². The molecule has 0 amide bonds. The second kappa shape index (κ2) is 72.7. The van der Waals surface area contributed by atoms with Crippen molar-refractivity contribution in [1.82, 2.24) is 0 Å². The molecule has 0 aliphatic rings. The zero-order chi connectivity index (χ0) is 96.6. The second-order valence-electron chi connectivity index (χ2n) is 49.8. The minimum Gasteiger partial charge on any atom is -0.437 e. The fourth-order valence-corrected chi connectivity index (χ4v) is 70.6. The van der Waals surface area contributed by atoms with Gasteiger partial charge in [0, 0.05) is 38.7 Å². The van der Waals surface area contributed by atoms with E-state index in [2.05, 4.69) is 315 Å². The molecule has 0 saturated heterocycles. The Morgan fingerprint density at radius 3 is 0.702 bits per heavy atom. The van der Waals surface area contributed by atoms with Gasteiger partial charge in [0.2, 0.25) is 11.5 Å². The third kappa shape index (κ3) is 112. The zero-order valence-corrected chi connectivity index (χ0v) is 105. The first-order valence-corrected chi connectivity index (χ1v) is 94.8. The van der Waals surface area contributed by atoms with Gasteiger partial charge in [-0.3, -0.25) is 0 Å². The molecule has 1 aromatic rings. The lowest BCUT2D eigenvalue weighted by atomic mass is 10.1. The predicted molar refractivity (Wildman–Crippen MR) is 600 cm³/mol. The molecule has 0 saturated carbocycles. The summed E-state index contributed by atoms with van der Waals surface area (Å²) < 4.78 is 61.3. The first-order chi connectivity index (χ1) is 54.6. The average molecular weight is 1930 g/mol. The molecule has 0 aliphatic heterocycles. The molecular weight excluding hydrogens is 1700 g/mol. The fraction of sp³-hybridized carbons (Fsp3) is 0.902. The Morgan fingerprint density at radius 1 is 0.314 bits per heavy atom. The van der Waals surface area contributed by atoms with Crippen molar-refractivity contribution in [2.75, 3.05) is 0 Å². The van der Waals surface area contributed by atoms with Gasteiger partial charge in [0.25, 0.3) is 0 Å². The second-order valence-corrected chi connectivity index (χ2v) is 116. The summed E-state index contributed by atoms with van der Waals surface area (Å²) >= 11 is 0. The lowest BCUT2D eigenvalue weighted by Gasteiger charge is -2.35. The molecule has 0 spiro atoms. The van der Waals surface area contributed by atoms with Crippen molar-refractivity contribution in [1.29, 1.82) is 0 Å². The van der Waals surface area contributed by atoms with E-state index < -0.39 is 117 Å². The van der Waals surface area contributed by atoms with Crippen molar-refractivity contribution < 1.29 is 25.8 Å². The van der Waals surface area contributed by atoms with Crippen LogP contribution in [0.15, 0.2) is 54.9 Å². The maximum absolute atomic E-state index is 12.3. The lowest BCUT2D eigenvalue weighted by molar-refractivity contribution is 0.0178. The highest BCUT2D eigenvalue weighted by Crippen LogP contribution is 2.35. The summed E-state index contributed by atoms with van der Waals surface area (Å²) in [6, 6.07) is 25.6. The molecule has 0 heterocycles. The van der Waals surface area contributed by atoms with Crippen molar-refractivity contribution in [2.45, 2.75) is 576 Å². The van der Waals surface area contributed by atoms with Crippen molar-refractivity contribution >= 4 is 111 Å². The molecule has 121 heavy (non-hydrogen) atoms. The summed E-state index contributed by atoms with van der Waals surface area (Å²) in [6.45, 7) is 107. The summed E-state index contributed by atoms with van der Waals surface area (Å²) in [5.41, 5.74) is 4.95. The highest BCUT2D eigenvalue weighted by molar-refractivity contribution is 6.97. The Bertz CT molecular complexity index is 2300.